The molecule has 0 bridgehead atoms. The van der Waals surface area contributed by atoms with Gasteiger partial charge >= 0.3 is 0 Å². The van der Waals surface area contributed by atoms with Crippen LogP contribution in [-0.2, 0) is 6.54 Å². The molecular weight excluding hydrogens is 443 g/mol. The van der Waals surface area contributed by atoms with E-state index in [1.54, 1.807) is 20.4 Å². The van der Waals surface area contributed by atoms with Gasteiger partial charge in [-0.25, -0.2) is 4.98 Å². The van der Waals surface area contributed by atoms with E-state index >= 15 is 0 Å². The third-order valence-corrected chi connectivity index (χ3v) is 4.18. The lowest BCUT2D eigenvalue weighted by Gasteiger charge is -2.12. The van der Waals surface area contributed by atoms with Crippen LogP contribution in [0.2, 0.25) is 0 Å². The monoisotopic (exact) mass is 468 g/mol. The summed E-state index contributed by atoms with van der Waals surface area (Å²) < 4.78 is 10.9. The van der Waals surface area contributed by atoms with Crippen molar-refractivity contribution < 1.29 is 9.47 Å². The van der Waals surface area contributed by atoms with Gasteiger partial charge in [0.25, 0.3) is 0 Å². The second-order valence-corrected chi connectivity index (χ2v) is 6.18. The molecule has 1 fully saturated rings. The molecular formula is C19H25IN4O2. The van der Waals surface area contributed by atoms with Crippen LogP contribution >= 0.6 is 24.0 Å². The highest BCUT2D eigenvalue weighted by Gasteiger charge is 2.33. The Hall–Kier alpha value is -2.03. The number of hydrogen-bond acceptors (Lipinski definition) is 4. The number of aromatic nitrogens is 1. The molecule has 26 heavy (non-hydrogen) atoms. The summed E-state index contributed by atoms with van der Waals surface area (Å²) in [7, 11) is 3.41. The van der Waals surface area contributed by atoms with Crippen LogP contribution in [0.15, 0.2) is 47.6 Å². The van der Waals surface area contributed by atoms with Crippen molar-refractivity contribution in [1.82, 2.24) is 15.6 Å². The van der Waals surface area contributed by atoms with Gasteiger partial charge in [-0.3, -0.25) is 4.99 Å². The van der Waals surface area contributed by atoms with E-state index in [4.69, 9.17) is 9.47 Å². The van der Waals surface area contributed by atoms with Crippen LogP contribution in [0.25, 0.3) is 0 Å². The highest BCUT2D eigenvalue weighted by molar-refractivity contribution is 14.0. The third kappa shape index (κ3) is 5.76. The number of halogens is 1. The predicted molar refractivity (Wildman–Crippen MR) is 114 cm³/mol. The summed E-state index contributed by atoms with van der Waals surface area (Å²) in [4.78, 5) is 8.60. The van der Waals surface area contributed by atoms with E-state index in [2.05, 4.69) is 27.5 Å². The maximum Gasteiger partial charge on any atom is 0.219 e. The zero-order chi connectivity index (χ0) is 17.6. The number of hydrogen-bond donors (Lipinski definition) is 2. The second-order valence-electron chi connectivity index (χ2n) is 6.18. The molecule has 1 aromatic carbocycles. The zero-order valence-electron chi connectivity index (χ0n) is 15.2. The van der Waals surface area contributed by atoms with Crippen LogP contribution < -0.4 is 20.1 Å². The minimum absolute atomic E-state index is 0. The van der Waals surface area contributed by atoms with Crippen molar-refractivity contribution in [2.24, 2.45) is 10.9 Å². The quantitative estimate of drug-likeness (QED) is 0.386. The first-order valence-electron chi connectivity index (χ1n) is 8.42. The van der Waals surface area contributed by atoms with Crippen LogP contribution in [0.3, 0.4) is 0 Å². The van der Waals surface area contributed by atoms with Crippen molar-refractivity contribution in [3.8, 4) is 17.4 Å². The van der Waals surface area contributed by atoms with E-state index in [1.807, 2.05) is 36.4 Å². The molecule has 0 aliphatic heterocycles. The van der Waals surface area contributed by atoms with Gasteiger partial charge in [-0.15, -0.1) is 24.0 Å². The largest absolute Gasteiger partial charge is 0.497 e. The first kappa shape index (κ1) is 20.3. The van der Waals surface area contributed by atoms with E-state index in [0.717, 1.165) is 23.2 Å². The third-order valence-electron chi connectivity index (χ3n) is 4.18. The van der Waals surface area contributed by atoms with Gasteiger partial charge < -0.3 is 20.1 Å². The Kier molecular flexibility index (Phi) is 7.50. The normalized spacial score (nSPS) is 18.5. The van der Waals surface area contributed by atoms with Gasteiger partial charge in [0.2, 0.25) is 5.88 Å². The Labute approximate surface area is 171 Å². The summed E-state index contributed by atoms with van der Waals surface area (Å²) >= 11 is 0. The topological polar surface area (TPSA) is 67.8 Å². The molecule has 2 N–H and O–H groups in total. The van der Waals surface area contributed by atoms with Crippen molar-refractivity contribution in [2.45, 2.75) is 25.9 Å². The number of ether oxygens (including phenoxy) is 2. The minimum Gasteiger partial charge on any atom is -0.497 e. The van der Waals surface area contributed by atoms with Crippen molar-refractivity contribution in [3.63, 3.8) is 0 Å². The summed E-state index contributed by atoms with van der Waals surface area (Å²) in [5.41, 5.74) is 1.06. The number of benzene rings is 1. The molecule has 1 aliphatic rings. The molecule has 1 heterocycles. The van der Waals surface area contributed by atoms with Crippen LogP contribution in [0.4, 0.5) is 0 Å². The molecule has 3 rings (SSSR count). The van der Waals surface area contributed by atoms with Crippen molar-refractivity contribution in [1.29, 1.82) is 0 Å². The van der Waals surface area contributed by atoms with Gasteiger partial charge in [-0.05, 0) is 30.0 Å². The molecule has 0 amide bonds. The SMILES string of the molecule is CN=C(NCc1ccc(Oc2cccc(OC)c2)nc1)NC1CC1C.I. The standard InChI is InChI=1S/C19H24N4O2.HI/c1-13-9-17(13)23-19(20-2)22-12-14-7-8-18(21-11-14)25-16-6-4-5-15(10-16)24-3;/h4-8,10-11,13,17H,9,12H2,1-3H3,(H2,20,22,23);1H. The smallest absolute Gasteiger partial charge is 0.219 e. The van der Waals surface area contributed by atoms with E-state index in [-0.39, 0.29) is 24.0 Å². The zero-order valence-corrected chi connectivity index (χ0v) is 17.6. The fraction of sp³-hybridized carbons (Fsp3) is 0.368. The molecule has 6 nitrogen and oxygen atoms in total. The van der Waals surface area contributed by atoms with Gasteiger partial charge in [-0.1, -0.05) is 19.1 Å². The summed E-state index contributed by atoms with van der Waals surface area (Å²) in [6.45, 7) is 2.89. The molecule has 140 valence electrons. The number of rotatable bonds is 6. The number of aliphatic imine (C=N–C) groups is 1. The average molecular weight is 468 g/mol. The van der Waals surface area contributed by atoms with Crippen molar-refractivity contribution in [2.75, 3.05) is 14.2 Å². The molecule has 1 saturated carbocycles. The Morgan fingerprint density at radius 3 is 2.65 bits per heavy atom. The van der Waals surface area contributed by atoms with Crippen LogP contribution in [-0.4, -0.2) is 31.1 Å². The van der Waals surface area contributed by atoms with Gasteiger partial charge in [0.1, 0.15) is 11.5 Å². The highest BCUT2D eigenvalue weighted by Crippen LogP contribution is 2.28. The van der Waals surface area contributed by atoms with E-state index in [0.29, 0.717) is 24.2 Å². The average Bonchev–Trinajstić information content (AvgIpc) is 3.34. The Bertz CT molecular complexity index is 737. The maximum absolute atomic E-state index is 5.75. The fourth-order valence-electron chi connectivity index (χ4n) is 2.44. The Morgan fingerprint density at radius 1 is 1.27 bits per heavy atom. The maximum atomic E-state index is 5.75. The summed E-state index contributed by atoms with van der Waals surface area (Å²) in [6, 6.07) is 11.8. The molecule has 2 atom stereocenters. The van der Waals surface area contributed by atoms with Crippen LogP contribution in [0.5, 0.6) is 17.4 Å². The van der Waals surface area contributed by atoms with Gasteiger partial charge in [-0.2, -0.15) is 0 Å². The fourth-order valence-corrected chi connectivity index (χ4v) is 2.44. The number of guanidine groups is 1. The first-order chi connectivity index (χ1) is 12.2. The summed E-state index contributed by atoms with van der Waals surface area (Å²) in [5.74, 6) is 3.55. The number of nitrogens with zero attached hydrogens (tertiary/aromatic N) is 2. The molecule has 0 spiro atoms. The van der Waals surface area contributed by atoms with Crippen molar-refractivity contribution >= 4 is 29.9 Å². The van der Waals surface area contributed by atoms with Gasteiger partial charge in [0.15, 0.2) is 5.96 Å². The lowest BCUT2D eigenvalue weighted by Crippen LogP contribution is -2.38. The summed E-state index contributed by atoms with van der Waals surface area (Å²) in [5, 5.41) is 6.70. The predicted octanol–water partition coefficient (Wildman–Crippen LogP) is 3.57. The second kappa shape index (κ2) is 9.61. The molecule has 7 heteroatoms. The number of pyridine rings is 1. The molecule has 1 aromatic heterocycles. The van der Waals surface area contributed by atoms with Gasteiger partial charge in [0.05, 0.1) is 7.11 Å². The highest BCUT2D eigenvalue weighted by atomic mass is 127. The minimum atomic E-state index is 0. The lowest BCUT2D eigenvalue weighted by molar-refractivity contribution is 0.407. The van der Waals surface area contributed by atoms with Crippen LogP contribution in [0.1, 0.15) is 18.9 Å². The van der Waals surface area contributed by atoms with Crippen LogP contribution in [0, 0.1) is 5.92 Å². The van der Waals surface area contributed by atoms with Crippen molar-refractivity contribution in [3.05, 3.63) is 48.2 Å². The molecule has 0 saturated heterocycles. The first-order valence-corrected chi connectivity index (χ1v) is 8.42. The molecule has 2 unspecified atom stereocenters. The molecule has 2 aromatic rings. The Morgan fingerprint density at radius 2 is 2.04 bits per heavy atom. The number of nitrogens with one attached hydrogen (secondary N) is 2. The Balaban J connectivity index is 0.00000243. The van der Waals surface area contributed by atoms with E-state index in [1.165, 1.54) is 6.42 Å². The van der Waals surface area contributed by atoms with Gasteiger partial charge in [0, 0.05) is 38.0 Å². The van der Waals surface area contributed by atoms with E-state index in [9.17, 15) is 0 Å². The van der Waals surface area contributed by atoms with E-state index < -0.39 is 0 Å². The summed E-state index contributed by atoms with van der Waals surface area (Å²) in [6.07, 6.45) is 3.01. The number of methoxy groups -OCH3 is 1. The molecule has 1 aliphatic carbocycles. The molecule has 0 radical (unpaired) electrons. The lowest BCUT2D eigenvalue weighted by atomic mass is 10.3.